The summed E-state index contributed by atoms with van der Waals surface area (Å²) in [5.41, 5.74) is 0.672. The maximum Gasteiger partial charge on any atom is 0.109 e. The maximum atomic E-state index is 12.1. The Morgan fingerprint density at radius 1 is 1.67 bits per heavy atom. The van der Waals surface area contributed by atoms with E-state index in [2.05, 4.69) is 5.10 Å². The van der Waals surface area contributed by atoms with E-state index in [-0.39, 0.29) is 12.6 Å². The summed E-state index contributed by atoms with van der Waals surface area (Å²) < 4.78 is 19.0. The minimum Gasteiger partial charge on any atom is -0.372 e. The third-order valence-electron chi connectivity index (χ3n) is 2.18. The van der Waals surface area contributed by atoms with E-state index in [4.69, 9.17) is 16.3 Å². The van der Waals surface area contributed by atoms with Gasteiger partial charge in [0.15, 0.2) is 0 Å². The molecule has 1 unspecified atom stereocenters. The van der Waals surface area contributed by atoms with Gasteiger partial charge in [-0.2, -0.15) is 5.10 Å². The second-order valence-electron chi connectivity index (χ2n) is 3.41. The third kappa shape index (κ3) is 3.80. The van der Waals surface area contributed by atoms with Gasteiger partial charge in [-0.15, -0.1) is 0 Å². The van der Waals surface area contributed by atoms with Gasteiger partial charge in [-0.3, -0.25) is 4.68 Å². The Morgan fingerprint density at radius 3 is 3.00 bits per heavy atom. The summed E-state index contributed by atoms with van der Waals surface area (Å²) in [5.74, 6) is 0. The first-order valence-corrected chi connectivity index (χ1v) is 5.44. The number of halogens is 2. The highest BCUT2D eigenvalue weighted by Gasteiger charge is 2.08. The number of hydrogen-bond acceptors (Lipinski definition) is 2. The molecular formula is C10H16ClFN2O. The molecule has 0 amide bonds. The molecule has 1 aromatic heterocycles. The van der Waals surface area contributed by atoms with Crippen molar-refractivity contribution in [3.63, 3.8) is 0 Å². The summed E-state index contributed by atoms with van der Waals surface area (Å²) in [6, 6.07) is 0. The molecule has 1 rings (SSSR count). The third-order valence-corrected chi connectivity index (χ3v) is 2.50. The number of nitrogens with zero attached hydrogens (tertiary/aromatic N) is 2. The van der Waals surface area contributed by atoms with Crippen LogP contribution in [0, 0.1) is 0 Å². The van der Waals surface area contributed by atoms with Crippen molar-refractivity contribution in [3.8, 4) is 0 Å². The van der Waals surface area contributed by atoms with Gasteiger partial charge in [0.2, 0.25) is 0 Å². The van der Waals surface area contributed by atoms with E-state index in [9.17, 15) is 4.39 Å². The summed E-state index contributed by atoms with van der Waals surface area (Å²) in [6.07, 6.45) is 2.76. The summed E-state index contributed by atoms with van der Waals surface area (Å²) in [6.45, 7) is 4.22. The van der Waals surface area contributed by atoms with Crippen LogP contribution in [0.4, 0.5) is 4.39 Å². The molecule has 0 saturated heterocycles. The Labute approximate surface area is 94.2 Å². The van der Waals surface area contributed by atoms with Gasteiger partial charge < -0.3 is 4.74 Å². The topological polar surface area (TPSA) is 27.1 Å². The molecule has 0 aliphatic heterocycles. The lowest BCUT2D eigenvalue weighted by atomic mass is 10.3. The van der Waals surface area contributed by atoms with Gasteiger partial charge in [-0.1, -0.05) is 18.5 Å². The molecular weight excluding hydrogens is 219 g/mol. The van der Waals surface area contributed by atoms with Gasteiger partial charge in [0.25, 0.3) is 0 Å². The average molecular weight is 235 g/mol. The van der Waals surface area contributed by atoms with Gasteiger partial charge in [-0.05, 0) is 13.3 Å². The Morgan fingerprint density at radius 2 is 2.40 bits per heavy atom. The van der Waals surface area contributed by atoms with Crippen LogP contribution >= 0.6 is 11.6 Å². The van der Waals surface area contributed by atoms with Gasteiger partial charge >= 0.3 is 0 Å². The van der Waals surface area contributed by atoms with Crippen LogP contribution in [-0.2, 0) is 17.9 Å². The molecule has 0 saturated carbocycles. The summed E-state index contributed by atoms with van der Waals surface area (Å²) >= 11 is 5.92. The molecule has 0 aliphatic carbocycles. The van der Waals surface area contributed by atoms with Crippen molar-refractivity contribution < 1.29 is 9.13 Å². The van der Waals surface area contributed by atoms with E-state index < -0.39 is 6.67 Å². The smallest absolute Gasteiger partial charge is 0.109 e. The molecule has 0 spiro atoms. The van der Waals surface area contributed by atoms with E-state index in [1.807, 2.05) is 13.8 Å². The summed E-state index contributed by atoms with van der Waals surface area (Å²) in [4.78, 5) is 0. The standard InChI is InChI=1S/C10H16ClFN2O/c1-3-8(2)15-7-10-9(11)6-14(13-10)5-4-12/h6,8H,3-5,7H2,1-2H3. The van der Waals surface area contributed by atoms with Crippen LogP contribution in [0.5, 0.6) is 0 Å². The van der Waals surface area contributed by atoms with E-state index in [1.165, 1.54) is 4.68 Å². The molecule has 0 bridgehead atoms. The van der Waals surface area contributed by atoms with Crippen LogP contribution in [0.2, 0.25) is 5.02 Å². The molecule has 1 heterocycles. The monoisotopic (exact) mass is 234 g/mol. The summed E-state index contributed by atoms with van der Waals surface area (Å²) in [7, 11) is 0. The molecule has 0 aliphatic rings. The number of rotatable bonds is 6. The Balaban J connectivity index is 2.53. The highest BCUT2D eigenvalue weighted by molar-refractivity contribution is 6.31. The number of alkyl halides is 1. The van der Waals surface area contributed by atoms with Gasteiger partial charge in [0.05, 0.1) is 24.3 Å². The van der Waals surface area contributed by atoms with Crippen molar-refractivity contribution in [1.29, 1.82) is 0 Å². The lowest BCUT2D eigenvalue weighted by Gasteiger charge is -2.08. The molecule has 3 nitrogen and oxygen atoms in total. The first-order chi connectivity index (χ1) is 7.17. The minimum absolute atomic E-state index is 0.187. The first kappa shape index (κ1) is 12.5. The predicted molar refractivity (Wildman–Crippen MR) is 57.8 cm³/mol. The number of ether oxygens (including phenoxy) is 1. The Bertz CT molecular complexity index is 304. The largest absolute Gasteiger partial charge is 0.372 e. The lowest BCUT2D eigenvalue weighted by molar-refractivity contribution is 0.0486. The Hall–Kier alpha value is -0.610. The molecule has 0 aromatic carbocycles. The maximum absolute atomic E-state index is 12.1. The fourth-order valence-corrected chi connectivity index (χ4v) is 1.28. The lowest BCUT2D eigenvalue weighted by Crippen LogP contribution is -2.07. The number of hydrogen-bond donors (Lipinski definition) is 0. The molecule has 5 heteroatoms. The second-order valence-corrected chi connectivity index (χ2v) is 3.81. The molecule has 86 valence electrons. The van der Waals surface area contributed by atoms with Gasteiger partial charge in [-0.25, -0.2) is 4.39 Å². The second kappa shape index (κ2) is 6.08. The van der Waals surface area contributed by atoms with Gasteiger partial charge in [0.1, 0.15) is 12.4 Å². The van der Waals surface area contributed by atoms with Crippen molar-refractivity contribution in [3.05, 3.63) is 16.9 Å². The summed E-state index contributed by atoms with van der Waals surface area (Å²) in [5, 5.41) is 4.66. The average Bonchev–Trinajstić information content (AvgIpc) is 2.56. The zero-order valence-corrected chi connectivity index (χ0v) is 9.80. The predicted octanol–water partition coefficient (Wildman–Crippen LogP) is 2.82. The van der Waals surface area contributed by atoms with Crippen LogP contribution in [0.3, 0.4) is 0 Å². The highest BCUT2D eigenvalue weighted by atomic mass is 35.5. The first-order valence-electron chi connectivity index (χ1n) is 5.06. The molecule has 1 aromatic rings. The highest BCUT2D eigenvalue weighted by Crippen LogP contribution is 2.15. The van der Waals surface area contributed by atoms with Crippen LogP contribution in [-0.4, -0.2) is 22.6 Å². The molecule has 1 atom stereocenters. The fourth-order valence-electron chi connectivity index (χ4n) is 1.08. The van der Waals surface area contributed by atoms with E-state index in [0.29, 0.717) is 17.3 Å². The van der Waals surface area contributed by atoms with Crippen molar-refractivity contribution >= 4 is 11.6 Å². The molecule has 0 N–H and O–H groups in total. The minimum atomic E-state index is -0.441. The van der Waals surface area contributed by atoms with E-state index in [0.717, 1.165) is 6.42 Å². The Kier molecular flexibility index (Phi) is 5.05. The zero-order valence-electron chi connectivity index (χ0n) is 9.04. The van der Waals surface area contributed by atoms with Crippen molar-refractivity contribution in [2.45, 2.75) is 39.5 Å². The normalized spacial score (nSPS) is 13.1. The quantitative estimate of drug-likeness (QED) is 0.757. The van der Waals surface area contributed by atoms with Crippen molar-refractivity contribution in [2.24, 2.45) is 0 Å². The van der Waals surface area contributed by atoms with Gasteiger partial charge in [0, 0.05) is 6.20 Å². The van der Waals surface area contributed by atoms with Crippen molar-refractivity contribution in [1.82, 2.24) is 9.78 Å². The van der Waals surface area contributed by atoms with Crippen LogP contribution < -0.4 is 0 Å². The number of aromatic nitrogens is 2. The fraction of sp³-hybridized carbons (Fsp3) is 0.700. The van der Waals surface area contributed by atoms with Crippen LogP contribution in [0.25, 0.3) is 0 Å². The van der Waals surface area contributed by atoms with E-state index >= 15 is 0 Å². The zero-order chi connectivity index (χ0) is 11.3. The number of aryl methyl sites for hydroxylation is 1. The van der Waals surface area contributed by atoms with E-state index in [1.54, 1.807) is 6.20 Å². The van der Waals surface area contributed by atoms with Crippen LogP contribution in [0.1, 0.15) is 26.0 Å². The molecule has 0 radical (unpaired) electrons. The van der Waals surface area contributed by atoms with Crippen LogP contribution in [0.15, 0.2) is 6.20 Å². The van der Waals surface area contributed by atoms with Crippen molar-refractivity contribution in [2.75, 3.05) is 6.67 Å². The SMILES string of the molecule is CCC(C)OCc1nn(CCF)cc1Cl. The molecule has 0 fully saturated rings. The molecule has 15 heavy (non-hydrogen) atoms.